The van der Waals surface area contributed by atoms with Gasteiger partial charge in [0.15, 0.2) is 5.82 Å². The predicted molar refractivity (Wildman–Crippen MR) is 46.1 cm³/mol. The normalized spacial score (nSPS) is 10.6. The maximum atomic E-state index is 13.2. The van der Waals surface area contributed by atoms with Crippen LogP contribution in [0.5, 0.6) is 0 Å². The first-order chi connectivity index (χ1) is 7.08. The van der Waals surface area contributed by atoms with Crippen molar-refractivity contribution in [1.29, 1.82) is 0 Å². The monoisotopic (exact) mass is 214 g/mol. The number of aromatic amines is 1. The van der Waals surface area contributed by atoms with Gasteiger partial charge in [-0.25, -0.2) is 13.2 Å². The molecule has 0 spiro atoms. The van der Waals surface area contributed by atoms with Crippen LogP contribution in [0.1, 0.15) is 0 Å². The molecule has 15 heavy (non-hydrogen) atoms. The van der Waals surface area contributed by atoms with Gasteiger partial charge in [0, 0.05) is 12.1 Å². The van der Waals surface area contributed by atoms with E-state index in [1.54, 1.807) is 0 Å². The first-order valence-electron chi connectivity index (χ1n) is 3.90. The Balaban J connectivity index is 2.62. The van der Waals surface area contributed by atoms with Crippen LogP contribution in [0.15, 0.2) is 12.1 Å². The Morgan fingerprint density at radius 3 is 2.20 bits per heavy atom. The van der Waals surface area contributed by atoms with Crippen molar-refractivity contribution in [1.82, 2.24) is 15.2 Å². The molecule has 1 aromatic heterocycles. The van der Waals surface area contributed by atoms with Gasteiger partial charge in [-0.1, -0.05) is 0 Å². The molecule has 2 rings (SSSR count). The van der Waals surface area contributed by atoms with Gasteiger partial charge in [0.1, 0.15) is 17.5 Å². The van der Waals surface area contributed by atoms with Crippen LogP contribution >= 0.6 is 0 Å². The van der Waals surface area contributed by atoms with Gasteiger partial charge in [-0.05, 0) is 0 Å². The molecule has 0 radical (unpaired) electrons. The molecule has 0 unspecified atom stereocenters. The highest BCUT2D eigenvalue weighted by Crippen LogP contribution is 2.23. The van der Waals surface area contributed by atoms with E-state index in [1.807, 2.05) is 0 Å². The molecule has 0 saturated heterocycles. The van der Waals surface area contributed by atoms with E-state index in [2.05, 4.69) is 15.2 Å². The fraction of sp³-hybridized carbons (Fsp3) is 0. The predicted octanol–water partition coefficient (Wildman–Crippen LogP) is 1.47. The first-order valence-corrected chi connectivity index (χ1v) is 3.90. The molecule has 1 heterocycles. The van der Waals surface area contributed by atoms with E-state index < -0.39 is 23.0 Å². The molecule has 3 N–H and O–H groups in total. The van der Waals surface area contributed by atoms with Gasteiger partial charge in [-0.2, -0.15) is 4.98 Å². The van der Waals surface area contributed by atoms with E-state index in [0.29, 0.717) is 12.1 Å². The number of rotatable bonds is 1. The van der Waals surface area contributed by atoms with Crippen molar-refractivity contribution in [2.45, 2.75) is 0 Å². The third kappa shape index (κ3) is 1.63. The smallest absolute Gasteiger partial charge is 0.239 e. The fourth-order valence-corrected chi connectivity index (χ4v) is 1.16. The van der Waals surface area contributed by atoms with Crippen molar-refractivity contribution >= 4 is 5.95 Å². The second kappa shape index (κ2) is 3.26. The van der Waals surface area contributed by atoms with E-state index >= 15 is 0 Å². The van der Waals surface area contributed by atoms with Gasteiger partial charge in [0.05, 0.1) is 5.56 Å². The number of nitrogen functional groups attached to an aromatic ring is 1. The van der Waals surface area contributed by atoms with E-state index in [4.69, 9.17) is 5.73 Å². The van der Waals surface area contributed by atoms with Gasteiger partial charge in [-0.3, -0.25) is 5.10 Å². The van der Waals surface area contributed by atoms with Gasteiger partial charge >= 0.3 is 0 Å². The first kappa shape index (κ1) is 9.50. The van der Waals surface area contributed by atoms with Crippen LogP contribution in [0.4, 0.5) is 19.1 Å². The molecule has 0 saturated carbocycles. The number of hydrogen-bond acceptors (Lipinski definition) is 3. The van der Waals surface area contributed by atoms with Crippen molar-refractivity contribution in [3.05, 3.63) is 29.6 Å². The van der Waals surface area contributed by atoms with E-state index in [0.717, 1.165) is 0 Å². The molecule has 0 atom stereocenters. The van der Waals surface area contributed by atoms with E-state index in [-0.39, 0.29) is 11.8 Å². The molecule has 0 amide bonds. The van der Waals surface area contributed by atoms with Crippen molar-refractivity contribution < 1.29 is 13.2 Å². The van der Waals surface area contributed by atoms with Gasteiger partial charge in [0.25, 0.3) is 0 Å². The van der Waals surface area contributed by atoms with Crippen molar-refractivity contribution in [3.8, 4) is 11.4 Å². The summed E-state index contributed by atoms with van der Waals surface area (Å²) in [6.45, 7) is 0. The van der Waals surface area contributed by atoms with Crippen LogP contribution in [0.25, 0.3) is 11.4 Å². The summed E-state index contributed by atoms with van der Waals surface area (Å²) in [4.78, 5) is 3.54. The molecule has 7 heteroatoms. The average molecular weight is 214 g/mol. The topological polar surface area (TPSA) is 67.6 Å². The summed E-state index contributed by atoms with van der Waals surface area (Å²) in [6, 6.07) is 1.11. The molecule has 1 aromatic carbocycles. The van der Waals surface area contributed by atoms with Crippen LogP contribution in [-0.4, -0.2) is 15.2 Å². The number of hydrogen-bond donors (Lipinski definition) is 2. The third-order valence-corrected chi connectivity index (χ3v) is 1.75. The third-order valence-electron chi connectivity index (χ3n) is 1.75. The lowest BCUT2D eigenvalue weighted by Crippen LogP contribution is -1.94. The van der Waals surface area contributed by atoms with Crippen molar-refractivity contribution in [2.24, 2.45) is 0 Å². The molecule has 0 aliphatic rings. The minimum Gasteiger partial charge on any atom is -0.366 e. The average Bonchev–Trinajstić information content (AvgIpc) is 2.49. The summed E-state index contributed by atoms with van der Waals surface area (Å²) in [7, 11) is 0. The molecule has 0 aliphatic heterocycles. The highest BCUT2D eigenvalue weighted by Gasteiger charge is 2.16. The van der Waals surface area contributed by atoms with Gasteiger partial charge in [0.2, 0.25) is 5.95 Å². The lowest BCUT2D eigenvalue weighted by Gasteiger charge is -2.00. The number of nitrogens with two attached hydrogens (primary N) is 1. The molecular formula is C8H5F3N4. The summed E-state index contributed by atoms with van der Waals surface area (Å²) in [5, 5.41) is 5.65. The Bertz CT molecular complexity index is 485. The van der Waals surface area contributed by atoms with E-state index in [1.165, 1.54) is 0 Å². The highest BCUT2D eigenvalue weighted by molar-refractivity contribution is 5.57. The number of H-pyrrole nitrogens is 1. The lowest BCUT2D eigenvalue weighted by atomic mass is 10.2. The fourth-order valence-electron chi connectivity index (χ4n) is 1.16. The minimum atomic E-state index is -1.07. The number of halogens is 3. The standard InChI is InChI=1S/C8H5F3N4/c9-3-1-4(10)6(5(11)2-3)7-13-8(12)15-14-7/h1-2H,(H3,12,13,14,15). The largest absolute Gasteiger partial charge is 0.366 e. The van der Waals surface area contributed by atoms with Crippen LogP contribution in [0, 0.1) is 17.5 Å². The molecule has 0 fully saturated rings. The second-order valence-electron chi connectivity index (χ2n) is 2.79. The van der Waals surface area contributed by atoms with Crippen LogP contribution < -0.4 is 5.73 Å². The van der Waals surface area contributed by atoms with Gasteiger partial charge in [-0.15, -0.1) is 5.10 Å². The Kier molecular flexibility index (Phi) is 2.07. The highest BCUT2D eigenvalue weighted by atomic mass is 19.1. The summed E-state index contributed by atoms with van der Waals surface area (Å²) in [5.41, 5.74) is 4.69. The Morgan fingerprint density at radius 2 is 1.73 bits per heavy atom. The van der Waals surface area contributed by atoms with E-state index in [9.17, 15) is 13.2 Å². The zero-order valence-electron chi connectivity index (χ0n) is 7.26. The van der Waals surface area contributed by atoms with Crippen LogP contribution in [0.3, 0.4) is 0 Å². The quantitative estimate of drug-likeness (QED) is 0.755. The van der Waals surface area contributed by atoms with Gasteiger partial charge < -0.3 is 5.73 Å². The Hall–Kier alpha value is -2.05. The molecule has 0 aliphatic carbocycles. The number of benzene rings is 1. The maximum absolute atomic E-state index is 13.2. The summed E-state index contributed by atoms with van der Waals surface area (Å²) < 4.78 is 39.0. The van der Waals surface area contributed by atoms with Crippen molar-refractivity contribution in [2.75, 3.05) is 5.73 Å². The Labute approximate surface area is 81.9 Å². The number of anilines is 1. The zero-order chi connectivity index (χ0) is 11.0. The van der Waals surface area contributed by atoms with Crippen LogP contribution in [0.2, 0.25) is 0 Å². The molecule has 2 aromatic rings. The SMILES string of the molecule is Nc1n[nH]c(-c2c(F)cc(F)cc2F)n1. The Morgan fingerprint density at radius 1 is 1.13 bits per heavy atom. The number of nitrogens with one attached hydrogen (secondary N) is 1. The summed E-state index contributed by atoms with van der Waals surface area (Å²) in [6.07, 6.45) is 0. The summed E-state index contributed by atoms with van der Waals surface area (Å²) >= 11 is 0. The number of aromatic nitrogens is 3. The zero-order valence-corrected chi connectivity index (χ0v) is 7.26. The molecule has 78 valence electrons. The minimum absolute atomic E-state index is 0.145. The summed E-state index contributed by atoms with van der Waals surface area (Å²) in [5.74, 6) is -3.45. The molecule has 0 bridgehead atoms. The molecule has 4 nitrogen and oxygen atoms in total. The van der Waals surface area contributed by atoms with Crippen LogP contribution in [-0.2, 0) is 0 Å². The molecular weight excluding hydrogens is 209 g/mol. The lowest BCUT2D eigenvalue weighted by molar-refractivity contribution is 0.547. The number of nitrogens with zero attached hydrogens (tertiary/aromatic N) is 2. The van der Waals surface area contributed by atoms with Crippen molar-refractivity contribution in [3.63, 3.8) is 0 Å². The maximum Gasteiger partial charge on any atom is 0.239 e. The second-order valence-corrected chi connectivity index (χ2v) is 2.79.